The van der Waals surface area contributed by atoms with Crippen LogP contribution in [0.15, 0.2) is 0 Å². The van der Waals surface area contributed by atoms with Crippen LogP contribution in [0, 0.1) is 0 Å². The number of rotatable bonds is 17. The summed E-state index contributed by atoms with van der Waals surface area (Å²) in [6.45, 7) is -9.23. The fourth-order valence-electron chi connectivity index (χ4n) is 7.16. The molecular formula is C30H52O26. The first-order valence-corrected chi connectivity index (χ1v) is 17.5. The molecule has 5 aliphatic rings. The highest BCUT2D eigenvalue weighted by Crippen LogP contribution is 2.42. The third-order valence-corrected chi connectivity index (χ3v) is 10.7. The molecule has 0 unspecified atom stereocenters. The molecule has 0 aromatic rings. The smallest absolute Gasteiger partial charge is 0.224 e. The van der Waals surface area contributed by atoms with Crippen LogP contribution in [0.25, 0.3) is 0 Å². The molecule has 5 fully saturated rings. The van der Waals surface area contributed by atoms with Crippen LogP contribution in [0.2, 0.25) is 0 Å². The van der Waals surface area contributed by atoms with Crippen molar-refractivity contribution in [2.45, 2.75) is 127 Å². The minimum absolute atomic E-state index is 0.835. The van der Waals surface area contributed by atoms with Gasteiger partial charge in [0, 0.05) is 0 Å². The molecular weight excluding hydrogens is 776 g/mol. The molecule has 0 saturated carbocycles. The van der Waals surface area contributed by atoms with Crippen molar-refractivity contribution in [1.82, 2.24) is 0 Å². The third-order valence-electron chi connectivity index (χ3n) is 10.7. The Balaban J connectivity index is 1.43. The van der Waals surface area contributed by atoms with E-state index in [1.165, 1.54) is 0 Å². The summed E-state index contributed by atoms with van der Waals surface area (Å²) in [5, 5.41) is 176. The van der Waals surface area contributed by atoms with Crippen LogP contribution < -0.4 is 0 Å². The molecule has 26 nitrogen and oxygen atoms in total. The predicted molar refractivity (Wildman–Crippen MR) is 167 cm³/mol. The molecule has 21 atom stereocenters. The van der Waals surface area contributed by atoms with Crippen LogP contribution in [0.5, 0.6) is 0 Å². The monoisotopic (exact) mass is 828 g/mol. The van der Waals surface area contributed by atoms with Gasteiger partial charge in [-0.3, -0.25) is 0 Å². The number of aliphatic hydroxyl groups is 17. The molecule has 0 aromatic carbocycles. The van der Waals surface area contributed by atoms with Gasteiger partial charge in [0.25, 0.3) is 0 Å². The highest BCUT2D eigenvalue weighted by Gasteiger charge is 2.64. The van der Waals surface area contributed by atoms with Crippen molar-refractivity contribution in [3.63, 3.8) is 0 Å². The van der Waals surface area contributed by atoms with E-state index in [1.807, 2.05) is 0 Å². The normalized spacial score (nSPS) is 52.3. The van der Waals surface area contributed by atoms with E-state index in [0.29, 0.717) is 0 Å². The second-order valence-electron chi connectivity index (χ2n) is 14.2. The Bertz CT molecular complexity index is 1270. The molecule has 0 bridgehead atoms. The zero-order valence-electron chi connectivity index (χ0n) is 29.5. The van der Waals surface area contributed by atoms with Gasteiger partial charge >= 0.3 is 0 Å². The lowest BCUT2D eigenvalue weighted by atomic mass is 9.99. The summed E-state index contributed by atoms with van der Waals surface area (Å²) < 4.78 is 50.2. The first-order chi connectivity index (χ1) is 26.4. The lowest BCUT2D eigenvalue weighted by molar-refractivity contribution is -0.401. The fraction of sp³-hybridized carbons (Fsp3) is 1.00. The minimum atomic E-state index is -2.83. The molecule has 5 aliphatic heterocycles. The van der Waals surface area contributed by atoms with Crippen molar-refractivity contribution in [2.75, 3.05) is 59.5 Å². The molecule has 56 heavy (non-hydrogen) atoms. The Kier molecular flexibility index (Phi) is 14.7. The Morgan fingerprint density at radius 3 is 1.18 bits per heavy atom. The maximum atomic E-state index is 11.4. The topological polar surface area (TPSA) is 427 Å². The standard InChI is InChI=1S/C30H52O26/c31-1-10-15(37)20(42)21(43)26(51-10)56-30(9-50-28(7-36)23(45)17(39)12(3-33)53-28)25(47)19(41)14(55-30)5-48-29(24(46)18(40)13(4-34)54-29)8-49-27(6-35)22(44)16(38)11(2-32)52-27/h10-26,31-47H,1-9H2/t10-,11-,12-,13-,14-,15-,16-,17-,18-,19-,20+,21-,22+,23+,24+,25+,26-,27-,28-,29-,30+/m1/s1. The number of ether oxygens (including phenoxy) is 9. The van der Waals surface area contributed by atoms with E-state index in [2.05, 4.69) is 0 Å². The number of aliphatic hydroxyl groups excluding tert-OH is 17. The van der Waals surface area contributed by atoms with Crippen molar-refractivity contribution < 1.29 is 129 Å². The summed E-state index contributed by atoms with van der Waals surface area (Å²) in [6.07, 6.45) is -32.3. The molecule has 5 heterocycles. The maximum absolute atomic E-state index is 11.4. The highest BCUT2D eigenvalue weighted by atomic mass is 16.8. The Labute approximate surface area is 316 Å². The average Bonchev–Trinajstić information content (AvgIpc) is 3.80. The van der Waals surface area contributed by atoms with Gasteiger partial charge in [0.15, 0.2) is 6.29 Å². The average molecular weight is 829 g/mol. The summed E-state index contributed by atoms with van der Waals surface area (Å²) in [4.78, 5) is 0. The van der Waals surface area contributed by atoms with E-state index >= 15 is 0 Å². The summed E-state index contributed by atoms with van der Waals surface area (Å²) in [5.74, 6) is -10.5. The Hall–Kier alpha value is -1.04. The van der Waals surface area contributed by atoms with Crippen LogP contribution >= 0.6 is 0 Å². The van der Waals surface area contributed by atoms with Gasteiger partial charge in [-0.2, -0.15) is 0 Å². The SMILES string of the molecule is OC[C@H]1O[C@@](CO)(OC[C@@]2(OC[C@H]3O[C@@](CO[C@]4(CO)O[C@H](CO)[C@@H](O)[C@@H]4O)(O[C@H]4O[C@H](CO)[C@@H](O)[C@H](O)[C@H]4O)[C@@H](O)[C@@H]3O)O[C@H](CO)[C@@H](O)[C@@H]2O)[C@@H](O)[C@@H]1O. The first kappa shape index (κ1) is 46.0. The van der Waals surface area contributed by atoms with E-state index in [0.717, 1.165) is 0 Å². The Morgan fingerprint density at radius 1 is 0.375 bits per heavy atom. The van der Waals surface area contributed by atoms with E-state index in [1.54, 1.807) is 0 Å². The molecule has 0 aliphatic carbocycles. The van der Waals surface area contributed by atoms with Crippen LogP contribution in [-0.4, -0.2) is 273 Å². The first-order valence-electron chi connectivity index (χ1n) is 17.5. The minimum Gasteiger partial charge on any atom is -0.394 e. The summed E-state index contributed by atoms with van der Waals surface area (Å²) in [5.41, 5.74) is 0. The van der Waals surface area contributed by atoms with Crippen LogP contribution in [0.3, 0.4) is 0 Å². The molecule has 0 spiro atoms. The van der Waals surface area contributed by atoms with Crippen LogP contribution in [0.1, 0.15) is 0 Å². The third kappa shape index (κ3) is 7.97. The number of hydrogen-bond acceptors (Lipinski definition) is 26. The van der Waals surface area contributed by atoms with Gasteiger partial charge < -0.3 is 129 Å². The molecule has 328 valence electrons. The Morgan fingerprint density at radius 2 is 0.750 bits per heavy atom. The molecule has 0 radical (unpaired) electrons. The lowest BCUT2D eigenvalue weighted by Gasteiger charge is -2.44. The summed E-state index contributed by atoms with van der Waals surface area (Å²) in [7, 11) is 0. The quantitative estimate of drug-likeness (QED) is 0.0647. The van der Waals surface area contributed by atoms with Gasteiger partial charge in [0.1, 0.15) is 124 Å². The van der Waals surface area contributed by atoms with Crippen LogP contribution in [0.4, 0.5) is 0 Å². The van der Waals surface area contributed by atoms with Gasteiger partial charge in [-0.15, -0.1) is 0 Å². The molecule has 0 aromatic heterocycles. The maximum Gasteiger partial charge on any atom is 0.224 e. The van der Waals surface area contributed by atoms with E-state index < -0.39 is 187 Å². The lowest BCUT2D eigenvalue weighted by Crippen LogP contribution is -2.63. The summed E-state index contributed by atoms with van der Waals surface area (Å²) >= 11 is 0. The van der Waals surface area contributed by atoms with Crippen molar-refractivity contribution >= 4 is 0 Å². The molecule has 0 amide bonds. The van der Waals surface area contributed by atoms with E-state index in [4.69, 9.17) is 42.6 Å². The number of hydrogen-bond donors (Lipinski definition) is 17. The predicted octanol–water partition coefficient (Wildman–Crippen LogP) is -11.9. The fourth-order valence-corrected chi connectivity index (χ4v) is 7.16. The van der Waals surface area contributed by atoms with Gasteiger partial charge in [-0.05, 0) is 0 Å². The van der Waals surface area contributed by atoms with Gasteiger partial charge in [-0.1, -0.05) is 0 Å². The van der Waals surface area contributed by atoms with Gasteiger partial charge in [0.2, 0.25) is 23.1 Å². The van der Waals surface area contributed by atoms with Crippen molar-refractivity contribution in [3.8, 4) is 0 Å². The van der Waals surface area contributed by atoms with Crippen molar-refractivity contribution in [3.05, 3.63) is 0 Å². The second kappa shape index (κ2) is 17.9. The van der Waals surface area contributed by atoms with Gasteiger partial charge in [0.05, 0.1) is 33.0 Å². The van der Waals surface area contributed by atoms with Gasteiger partial charge in [-0.25, -0.2) is 0 Å². The van der Waals surface area contributed by atoms with E-state index in [9.17, 15) is 86.8 Å². The zero-order valence-corrected chi connectivity index (χ0v) is 29.5. The van der Waals surface area contributed by atoms with Crippen LogP contribution in [-0.2, 0) is 42.6 Å². The molecule has 5 saturated heterocycles. The molecule has 17 N–H and O–H groups in total. The molecule has 5 rings (SSSR count). The molecule has 26 heteroatoms. The highest BCUT2D eigenvalue weighted by molar-refractivity contribution is 5.04. The largest absolute Gasteiger partial charge is 0.394 e. The zero-order chi connectivity index (χ0) is 41.5. The van der Waals surface area contributed by atoms with Crippen molar-refractivity contribution in [2.24, 2.45) is 0 Å². The van der Waals surface area contributed by atoms with Crippen molar-refractivity contribution in [1.29, 1.82) is 0 Å². The summed E-state index contributed by atoms with van der Waals surface area (Å²) in [6, 6.07) is 0. The van der Waals surface area contributed by atoms with E-state index in [-0.39, 0.29) is 0 Å². The second-order valence-corrected chi connectivity index (χ2v) is 14.2.